The number of hydrogen-bond acceptors (Lipinski definition) is 5. The first kappa shape index (κ1) is 13.2. The minimum atomic E-state index is -0.908. The van der Waals surface area contributed by atoms with Gasteiger partial charge in [0, 0.05) is 13.0 Å². The second kappa shape index (κ2) is 6.08. The molecule has 0 aliphatic carbocycles. The van der Waals surface area contributed by atoms with Crippen LogP contribution in [0.3, 0.4) is 0 Å². The third kappa shape index (κ3) is 3.37. The average molecular weight is 265 g/mol. The topological polar surface area (TPSA) is 73.9 Å². The van der Waals surface area contributed by atoms with E-state index in [9.17, 15) is 9.59 Å². The molecule has 1 N–H and O–H groups in total. The van der Waals surface area contributed by atoms with Crippen LogP contribution in [-0.4, -0.2) is 32.2 Å². The fraction of sp³-hybridized carbons (Fsp3) is 0.385. The molecule has 1 amide bonds. The molecule has 1 aliphatic heterocycles. The number of hydrogen-bond donors (Lipinski definition) is 1. The van der Waals surface area contributed by atoms with E-state index < -0.39 is 11.9 Å². The summed E-state index contributed by atoms with van der Waals surface area (Å²) in [6, 6.07) is 5.39. The Kier molecular flexibility index (Phi) is 4.22. The summed E-state index contributed by atoms with van der Waals surface area (Å²) in [5.41, 5.74) is 0.821. The maximum Gasteiger partial charge on any atom is 0.396 e. The van der Waals surface area contributed by atoms with Crippen molar-refractivity contribution in [3.05, 3.63) is 23.8 Å². The predicted octanol–water partition coefficient (Wildman–Crippen LogP) is 0.637. The number of amides is 1. The van der Waals surface area contributed by atoms with E-state index in [2.05, 4.69) is 10.1 Å². The molecule has 6 heteroatoms. The zero-order valence-electron chi connectivity index (χ0n) is 10.6. The first-order valence-corrected chi connectivity index (χ1v) is 5.95. The monoisotopic (exact) mass is 265 g/mol. The zero-order chi connectivity index (χ0) is 13.7. The number of ether oxygens (including phenoxy) is 3. The van der Waals surface area contributed by atoms with Crippen molar-refractivity contribution in [3.63, 3.8) is 0 Å². The van der Waals surface area contributed by atoms with Crippen LogP contribution in [0, 0.1) is 0 Å². The second-order valence-corrected chi connectivity index (χ2v) is 4.01. The lowest BCUT2D eigenvalue weighted by Gasteiger charge is -2.09. The van der Waals surface area contributed by atoms with Gasteiger partial charge >= 0.3 is 11.9 Å². The quantitative estimate of drug-likeness (QED) is 0.627. The fourth-order valence-electron chi connectivity index (χ4n) is 1.66. The lowest BCUT2D eigenvalue weighted by atomic mass is 10.2. The molecule has 1 aromatic rings. The summed E-state index contributed by atoms with van der Waals surface area (Å²) >= 11 is 0. The molecular weight excluding hydrogens is 250 g/mol. The van der Waals surface area contributed by atoms with Crippen LogP contribution in [0.5, 0.6) is 11.5 Å². The van der Waals surface area contributed by atoms with E-state index in [1.54, 1.807) is 12.1 Å². The van der Waals surface area contributed by atoms with Crippen LogP contribution in [0.4, 0.5) is 0 Å². The fourth-order valence-corrected chi connectivity index (χ4v) is 1.66. The Hall–Kier alpha value is -2.24. The summed E-state index contributed by atoms with van der Waals surface area (Å²) in [6.07, 6.45) is 0.836. The highest BCUT2D eigenvalue weighted by atomic mass is 16.5. The third-order valence-corrected chi connectivity index (χ3v) is 2.64. The van der Waals surface area contributed by atoms with Crippen LogP contribution in [0.1, 0.15) is 12.0 Å². The molecule has 0 saturated heterocycles. The number of benzene rings is 1. The van der Waals surface area contributed by atoms with Crippen LogP contribution in [-0.2, 0) is 20.9 Å². The van der Waals surface area contributed by atoms with Crippen LogP contribution in [0.2, 0.25) is 0 Å². The van der Waals surface area contributed by atoms with Crippen LogP contribution in [0.25, 0.3) is 0 Å². The molecule has 1 aliphatic rings. The summed E-state index contributed by atoms with van der Waals surface area (Å²) < 4.78 is 15.3. The van der Waals surface area contributed by atoms with Crippen molar-refractivity contribution < 1.29 is 23.8 Å². The van der Waals surface area contributed by atoms with Crippen molar-refractivity contribution in [1.29, 1.82) is 0 Å². The highest BCUT2D eigenvalue weighted by molar-refractivity contribution is 6.32. The van der Waals surface area contributed by atoms with Crippen molar-refractivity contribution in [2.75, 3.05) is 20.3 Å². The van der Waals surface area contributed by atoms with Gasteiger partial charge in [0.1, 0.15) is 0 Å². The van der Waals surface area contributed by atoms with Gasteiger partial charge in [-0.3, -0.25) is 4.79 Å². The van der Waals surface area contributed by atoms with E-state index in [1.807, 2.05) is 6.07 Å². The molecule has 0 spiro atoms. The molecule has 0 bridgehead atoms. The minimum Gasteiger partial charge on any atom is -0.490 e. The summed E-state index contributed by atoms with van der Waals surface area (Å²) in [6.45, 7) is 1.46. The van der Waals surface area contributed by atoms with Gasteiger partial charge in [0.05, 0.1) is 20.3 Å². The molecule has 0 saturated carbocycles. The van der Waals surface area contributed by atoms with E-state index in [0.717, 1.165) is 19.1 Å². The lowest BCUT2D eigenvalue weighted by Crippen LogP contribution is -2.31. The number of carbonyl (C=O) groups is 2. The zero-order valence-corrected chi connectivity index (χ0v) is 10.6. The molecule has 102 valence electrons. The highest BCUT2D eigenvalue weighted by Gasteiger charge is 2.14. The first-order chi connectivity index (χ1) is 9.20. The van der Waals surface area contributed by atoms with Crippen molar-refractivity contribution in [3.8, 4) is 11.5 Å². The molecular formula is C13H15NO5. The van der Waals surface area contributed by atoms with Crippen molar-refractivity contribution in [2.45, 2.75) is 13.0 Å². The number of fused-ring (bicyclic) bond motifs is 1. The SMILES string of the molecule is COC(=O)C(=O)NCc1ccc2c(c1)OCCCO2. The van der Waals surface area contributed by atoms with Crippen LogP contribution < -0.4 is 14.8 Å². The van der Waals surface area contributed by atoms with Gasteiger partial charge in [0.2, 0.25) is 0 Å². The molecule has 6 nitrogen and oxygen atoms in total. The maximum absolute atomic E-state index is 11.2. The Bertz CT molecular complexity index is 486. The van der Waals surface area contributed by atoms with Crippen molar-refractivity contribution in [1.82, 2.24) is 5.32 Å². The smallest absolute Gasteiger partial charge is 0.396 e. The summed E-state index contributed by atoms with van der Waals surface area (Å²) in [4.78, 5) is 22.2. The highest BCUT2D eigenvalue weighted by Crippen LogP contribution is 2.30. The normalized spacial score (nSPS) is 13.3. The number of rotatable bonds is 2. The Balaban J connectivity index is 2.00. The molecule has 2 rings (SSSR count). The molecule has 0 unspecified atom stereocenters. The van der Waals surface area contributed by atoms with Gasteiger partial charge in [-0.05, 0) is 17.7 Å². The maximum atomic E-state index is 11.2. The number of esters is 1. The number of nitrogens with one attached hydrogen (secondary N) is 1. The van der Waals surface area contributed by atoms with E-state index in [-0.39, 0.29) is 6.54 Å². The molecule has 0 fully saturated rings. The number of methoxy groups -OCH3 is 1. The minimum absolute atomic E-state index is 0.227. The van der Waals surface area contributed by atoms with E-state index in [4.69, 9.17) is 9.47 Å². The van der Waals surface area contributed by atoms with E-state index in [0.29, 0.717) is 24.7 Å². The van der Waals surface area contributed by atoms with Gasteiger partial charge in [-0.2, -0.15) is 0 Å². The molecule has 1 aromatic carbocycles. The van der Waals surface area contributed by atoms with Crippen LogP contribution >= 0.6 is 0 Å². The molecule has 0 radical (unpaired) electrons. The van der Waals surface area contributed by atoms with Crippen molar-refractivity contribution in [2.24, 2.45) is 0 Å². The van der Waals surface area contributed by atoms with Gasteiger partial charge in [0.25, 0.3) is 0 Å². The largest absolute Gasteiger partial charge is 0.490 e. The summed E-state index contributed by atoms with van der Waals surface area (Å²) in [5, 5.41) is 2.46. The summed E-state index contributed by atoms with van der Waals surface area (Å²) in [5.74, 6) is -0.327. The molecule has 0 atom stereocenters. The van der Waals surface area contributed by atoms with Gasteiger partial charge in [0.15, 0.2) is 11.5 Å². The summed E-state index contributed by atoms with van der Waals surface area (Å²) in [7, 11) is 1.16. The predicted molar refractivity (Wildman–Crippen MR) is 65.9 cm³/mol. The van der Waals surface area contributed by atoms with E-state index >= 15 is 0 Å². The molecule has 19 heavy (non-hydrogen) atoms. The Morgan fingerprint density at radius 2 is 2.00 bits per heavy atom. The Morgan fingerprint density at radius 3 is 2.74 bits per heavy atom. The third-order valence-electron chi connectivity index (χ3n) is 2.64. The average Bonchev–Trinajstić information content (AvgIpc) is 2.68. The van der Waals surface area contributed by atoms with Gasteiger partial charge in [-0.1, -0.05) is 6.07 Å². The first-order valence-electron chi connectivity index (χ1n) is 5.95. The van der Waals surface area contributed by atoms with Crippen molar-refractivity contribution >= 4 is 11.9 Å². The number of carbonyl (C=O) groups excluding carboxylic acids is 2. The van der Waals surface area contributed by atoms with Gasteiger partial charge < -0.3 is 19.5 Å². The van der Waals surface area contributed by atoms with Gasteiger partial charge in [-0.25, -0.2) is 4.79 Å². The van der Waals surface area contributed by atoms with Gasteiger partial charge in [-0.15, -0.1) is 0 Å². The second-order valence-electron chi connectivity index (χ2n) is 4.01. The standard InChI is InChI=1S/C13H15NO5/c1-17-13(16)12(15)14-8-9-3-4-10-11(7-9)19-6-2-5-18-10/h3-4,7H,2,5-6,8H2,1H3,(H,14,15). The van der Waals surface area contributed by atoms with E-state index in [1.165, 1.54) is 0 Å². The Labute approximate surface area is 110 Å². The van der Waals surface area contributed by atoms with Crippen LogP contribution in [0.15, 0.2) is 18.2 Å². The lowest BCUT2D eigenvalue weighted by molar-refractivity contribution is -0.152. The Morgan fingerprint density at radius 1 is 1.26 bits per heavy atom. The molecule has 0 aromatic heterocycles. The molecule has 1 heterocycles.